The van der Waals surface area contributed by atoms with Crippen molar-refractivity contribution >= 4 is 74.8 Å². The van der Waals surface area contributed by atoms with Crippen LogP contribution in [-0.2, 0) is 0 Å². The van der Waals surface area contributed by atoms with Gasteiger partial charge in [-0.1, -0.05) is 36.4 Å². The summed E-state index contributed by atoms with van der Waals surface area (Å²) in [5, 5.41) is 2.47. The molecular formula is C10H9KS. The molecular weight excluding hydrogens is 191 g/mol. The van der Waals surface area contributed by atoms with Crippen molar-refractivity contribution in [1.29, 1.82) is 0 Å². The first kappa shape index (κ1) is 10.8. The van der Waals surface area contributed by atoms with E-state index in [4.69, 9.17) is 0 Å². The zero-order chi connectivity index (χ0) is 7.68. The molecule has 0 aromatic heterocycles. The van der Waals surface area contributed by atoms with Gasteiger partial charge in [-0.05, 0) is 16.8 Å². The molecule has 0 radical (unpaired) electrons. The predicted molar refractivity (Wildman–Crippen MR) is 58.3 cm³/mol. The Hall–Kier alpha value is 0.686. The van der Waals surface area contributed by atoms with Crippen molar-refractivity contribution < 1.29 is 0 Å². The van der Waals surface area contributed by atoms with E-state index < -0.39 is 0 Å². The van der Waals surface area contributed by atoms with Crippen LogP contribution in [0.2, 0.25) is 0 Å². The van der Waals surface area contributed by atoms with Gasteiger partial charge in [0, 0.05) is 4.90 Å². The summed E-state index contributed by atoms with van der Waals surface area (Å²) >= 11 is 4.35. The van der Waals surface area contributed by atoms with Crippen LogP contribution in [0.3, 0.4) is 0 Å². The molecule has 0 saturated carbocycles. The summed E-state index contributed by atoms with van der Waals surface area (Å²) < 4.78 is 0. The van der Waals surface area contributed by atoms with E-state index in [0.717, 1.165) is 4.90 Å². The number of thiol groups is 1. The molecule has 0 N–H and O–H groups in total. The molecule has 0 bridgehead atoms. The van der Waals surface area contributed by atoms with Crippen molar-refractivity contribution in [2.45, 2.75) is 4.90 Å². The van der Waals surface area contributed by atoms with Crippen LogP contribution in [0.15, 0.2) is 47.4 Å². The summed E-state index contributed by atoms with van der Waals surface area (Å²) in [4.78, 5) is 1.04. The van der Waals surface area contributed by atoms with Crippen LogP contribution in [0.4, 0.5) is 0 Å². The fraction of sp³-hybridized carbons (Fsp3) is 0. The second kappa shape index (κ2) is 4.79. The van der Waals surface area contributed by atoms with Gasteiger partial charge in [0.25, 0.3) is 0 Å². The van der Waals surface area contributed by atoms with Crippen molar-refractivity contribution in [3.63, 3.8) is 0 Å². The summed E-state index contributed by atoms with van der Waals surface area (Å²) in [5.74, 6) is 0. The third kappa shape index (κ3) is 2.13. The third-order valence-corrected chi connectivity index (χ3v) is 2.16. The van der Waals surface area contributed by atoms with Crippen molar-refractivity contribution in [1.82, 2.24) is 0 Å². The van der Waals surface area contributed by atoms with E-state index in [0.29, 0.717) is 0 Å². The molecule has 12 heavy (non-hydrogen) atoms. The first-order valence-electron chi connectivity index (χ1n) is 3.54. The van der Waals surface area contributed by atoms with Gasteiger partial charge in [-0.3, -0.25) is 0 Å². The zero-order valence-electron chi connectivity index (χ0n) is 5.99. The van der Waals surface area contributed by atoms with Gasteiger partial charge in [0.15, 0.2) is 0 Å². The molecule has 0 aliphatic rings. The molecule has 2 aromatic rings. The van der Waals surface area contributed by atoms with Gasteiger partial charge in [-0.15, -0.1) is 12.6 Å². The molecule has 0 atom stereocenters. The molecule has 0 fully saturated rings. The van der Waals surface area contributed by atoms with E-state index in [-0.39, 0.29) is 51.4 Å². The van der Waals surface area contributed by atoms with Gasteiger partial charge in [-0.25, -0.2) is 0 Å². The first-order valence-corrected chi connectivity index (χ1v) is 3.99. The van der Waals surface area contributed by atoms with E-state index in [1.54, 1.807) is 0 Å². The van der Waals surface area contributed by atoms with Crippen molar-refractivity contribution in [3.05, 3.63) is 42.5 Å². The van der Waals surface area contributed by atoms with E-state index in [9.17, 15) is 0 Å². The third-order valence-electron chi connectivity index (χ3n) is 1.77. The Balaban J connectivity index is 0.000000720. The van der Waals surface area contributed by atoms with Crippen molar-refractivity contribution in [2.75, 3.05) is 0 Å². The van der Waals surface area contributed by atoms with Crippen LogP contribution in [0.5, 0.6) is 0 Å². The van der Waals surface area contributed by atoms with E-state index in [1.807, 2.05) is 24.3 Å². The Kier molecular flexibility index (Phi) is 4.30. The first-order chi connectivity index (χ1) is 5.38. The van der Waals surface area contributed by atoms with E-state index in [2.05, 4.69) is 30.8 Å². The summed E-state index contributed by atoms with van der Waals surface area (Å²) in [6.45, 7) is 0. The van der Waals surface area contributed by atoms with Crippen LogP contribution in [0.1, 0.15) is 0 Å². The van der Waals surface area contributed by atoms with Gasteiger partial charge in [0.2, 0.25) is 0 Å². The SMILES string of the molecule is Sc1cccc2ccccc12.[KH]. The number of hydrogen-bond donors (Lipinski definition) is 1. The molecule has 56 valence electrons. The molecule has 0 amide bonds. The summed E-state index contributed by atoms with van der Waals surface area (Å²) in [7, 11) is 0. The Morgan fingerprint density at radius 3 is 2.25 bits per heavy atom. The van der Waals surface area contributed by atoms with Gasteiger partial charge in [-0.2, -0.15) is 0 Å². The Bertz CT molecular complexity index is 379. The van der Waals surface area contributed by atoms with Crippen LogP contribution >= 0.6 is 12.6 Å². The Morgan fingerprint density at radius 1 is 0.833 bits per heavy atom. The Morgan fingerprint density at radius 2 is 1.50 bits per heavy atom. The molecule has 0 nitrogen and oxygen atoms in total. The normalized spacial score (nSPS) is 9.42. The summed E-state index contributed by atoms with van der Waals surface area (Å²) in [6, 6.07) is 14.4. The number of hydrogen-bond acceptors (Lipinski definition) is 1. The van der Waals surface area contributed by atoms with Crippen molar-refractivity contribution in [2.24, 2.45) is 0 Å². The maximum absolute atomic E-state index is 4.35. The van der Waals surface area contributed by atoms with Crippen LogP contribution < -0.4 is 0 Å². The average molecular weight is 200 g/mol. The fourth-order valence-corrected chi connectivity index (χ4v) is 1.50. The summed E-state index contributed by atoms with van der Waals surface area (Å²) in [6.07, 6.45) is 0. The molecule has 2 heteroatoms. The minimum atomic E-state index is 0. The predicted octanol–water partition coefficient (Wildman–Crippen LogP) is 2.48. The molecule has 2 rings (SSSR count). The molecule has 2 aromatic carbocycles. The summed E-state index contributed by atoms with van der Waals surface area (Å²) in [5.41, 5.74) is 0. The standard InChI is InChI=1S/C10H8S.K.H/c11-10-7-3-5-8-4-1-2-6-9(8)10;;/h1-7,11H;;. The quantitative estimate of drug-likeness (QED) is 0.490. The van der Waals surface area contributed by atoms with E-state index >= 15 is 0 Å². The van der Waals surface area contributed by atoms with Gasteiger partial charge < -0.3 is 0 Å². The zero-order valence-corrected chi connectivity index (χ0v) is 6.88. The number of benzene rings is 2. The molecule has 0 aliphatic heterocycles. The molecule has 0 saturated heterocycles. The molecule has 0 heterocycles. The van der Waals surface area contributed by atoms with Crippen LogP contribution in [0, 0.1) is 0 Å². The molecule has 0 spiro atoms. The van der Waals surface area contributed by atoms with E-state index in [1.165, 1.54) is 10.8 Å². The average Bonchev–Trinajstić information content (AvgIpc) is 2.06. The fourth-order valence-electron chi connectivity index (χ4n) is 1.21. The minimum absolute atomic E-state index is 0. The monoisotopic (exact) mass is 200 g/mol. The van der Waals surface area contributed by atoms with Crippen LogP contribution in [-0.4, -0.2) is 51.4 Å². The van der Waals surface area contributed by atoms with Gasteiger partial charge >= 0.3 is 51.4 Å². The Labute approximate surface area is 120 Å². The van der Waals surface area contributed by atoms with Crippen molar-refractivity contribution in [3.8, 4) is 0 Å². The van der Waals surface area contributed by atoms with Gasteiger partial charge in [0.1, 0.15) is 0 Å². The maximum atomic E-state index is 4.35. The second-order valence-electron chi connectivity index (χ2n) is 2.50. The number of rotatable bonds is 0. The second-order valence-corrected chi connectivity index (χ2v) is 2.98. The topological polar surface area (TPSA) is 0 Å². The molecule has 0 aliphatic carbocycles. The number of fused-ring (bicyclic) bond motifs is 1. The van der Waals surface area contributed by atoms with Crippen LogP contribution in [0.25, 0.3) is 10.8 Å². The van der Waals surface area contributed by atoms with Gasteiger partial charge in [0.05, 0.1) is 0 Å². The molecule has 0 unspecified atom stereocenters.